The third-order valence-corrected chi connectivity index (χ3v) is 3.93. The number of benzene rings is 2. The quantitative estimate of drug-likeness (QED) is 0.825. The van der Waals surface area contributed by atoms with E-state index >= 15 is 0 Å². The van der Waals surface area contributed by atoms with E-state index in [1.807, 2.05) is 30.3 Å². The van der Waals surface area contributed by atoms with Crippen molar-refractivity contribution >= 4 is 15.7 Å². The molecule has 2 aromatic carbocycles. The molecule has 2 rings (SSSR count). The molecule has 0 aliphatic carbocycles. The number of aryl methyl sites for hydroxylation is 1. The van der Waals surface area contributed by atoms with Gasteiger partial charge in [0.05, 0.1) is 5.75 Å². The van der Waals surface area contributed by atoms with Gasteiger partial charge >= 0.3 is 0 Å². The molecule has 0 unspecified atom stereocenters. The number of rotatable bonds is 5. The first-order valence-corrected chi connectivity index (χ1v) is 7.54. The number of sulfonamides is 1. The fourth-order valence-corrected chi connectivity index (χ4v) is 2.76. The normalized spacial score (nSPS) is 11.2. The summed E-state index contributed by atoms with van der Waals surface area (Å²) in [5.41, 5.74) is 1.43. The summed E-state index contributed by atoms with van der Waals surface area (Å²) < 4.78 is 26.2. The molecule has 19 heavy (non-hydrogen) atoms. The Kier molecular flexibility index (Phi) is 4.06. The van der Waals surface area contributed by atoms with Crippen molar-refractivity contribution in [2.75, 3.05) is 10.5 Å². The number of hydrogen-bond acceptors (Lipinski definition) is 3. The van der Waals surface area contributed by atoms with Crippen molar-refractivity contribution in [3.8, 4) is 5.75 Å². The molecule has 0 saturated carbocycles. The lowest BCUT2D eigenvalue weighted by molar-refractivity contribution is 0.475. The summed E-state index contributed by atoms with van der Waals surface area (Å²) in [6.45, 7) is 0. The van der Waals surface area contributed by atoms with Crippen LogP contribution < -0.4 is 4.72 Å². The Bertz CT molecular complexity index is 622. The van der Waals surface area contributed by atoms with Crippen LogP contribution in [0.4, 0.5) is 5.69 Å². The zero-order chi connectivity index (χ0) is 13.7. The van der Waals surface area contributed by atoms with Gasteiger partial charge in [-0.3, -0.25) is 4.72 Å². The summed E-state index contributed by atoms with van der Waals surface area (Å²) in [7, 11) is -3.38. The van der Waals surface area contributed by atoms with Crippen LogP contribution in [0.1, 0.15) is 5.56 Å². The molecule has 0 amide bonds. The van der Waals surface area contributed by atoms with Crippen LogP contribution in [0.3, 0.4) is 0 Å². The zero-order valence-electron chi connectivity index (χ0n) is 10.3. The van der Waals surface area contributed by atoms with Crippen molar-refractivity contribution < 1.29 is 13.5 Å². The number of anilines is 1. The van der Waals surface area contributed by atoms with Gasteiger partial charge in [-0.05, 0) is 36.2 Å². The van der Waals surface area contributed by atoms with Crippen LogP contribution >= 0.6 is 0 Å². The summed E-state index contributed by atoms with van der Waals surface area (Å²) >= 11 is 0. The largest absolute Gasteiger partial charge is 0.508 e. The average Bonchev–Trinajstić information content (AvgIpc) is 2.40. The Hall–Kier alpha value is -2.01. The lowest BCUT2D eigenvalue weighted by atomic mass is 10.2. The molecule has 0 radical (unpaired) electrons. The maximum atomic E-state index is 11.9. The van der Waals surface area contributed by atoms with E-state index in [0.717, 1.165) is 5.56 Å². The molecule has 0 heterocycles. The number of aromatic hydroxyl groups is 1. The average molecular weight is 277 g/mol. The van der Waals surface area contributed by atoms with E-state index in [1.54, 1.807) is 0 Å². The molecule has 2 N–H and O–H groups in total. The van der Waals surface area contributed by atoms with E-state index in [9.17, 15) is 8.42 Å². The van der Waals surface area contributed by atoms with Gasteiger partial charge < -0.3 is 5.11 Å². The highest BCUT2D eigenvalue weighted by Crippen LogP contribution is 2.15. The Morgan fingerprint density at radius 1 is 0.947 bits per heavy atom. The fraction of sp³-hybridized carbons (Fsp3) is 0.143. The minimum Gasteiger partial charge on any atom is -0.508 e. The first-order chi connectivity index (χ1) is 9.05. The van der Waals surface area contributed by atoms with E-state index in [2.05, 4.69) is 4.72 Å². The molecule has 0 aliphatic rings. The van der Waals surface area contributed by atoms with Crippen molar-refractivity contribution in [1.82, 2.24) is 0 Å². The first kappa shape index (κ1) is 13.4. The number of hydrogen-bond donors (Lipinski definition) is 2. The second-order valence-electron chi connectivity index (χ2n) is 4.20. The van der Waals surface area contributed by atoms with E-state index in [0.29, 0.717) is 12.1 Å². The first-order valence-electron chi connectivity index (χ1n) is 5.89. The van der Waals surface area contributed by atoms with E-state index in [1.165, 1.54) is 24.3 Å². The van der Waals surface area contributed by atoms with Crippen LogP contribution in [0.25, 0.3) is 0 Å². The van der Waals surface area contributed by atoms with Crippen molar-refractivity contribution in [2.24, 2.45) is 0 Å². The highest BCUT2D eigenvalue weighted by molar-refractivity contribution is 7.92. The molecule has 0 saturated heterocycles. The van der Waals surface area contributed by atoms with Crippen LogP contribution in [0.15, 0.2) is 54.6 Å². The Morgan fingerprint density at radius 3 is 2.21 bits per heavy atom. The number of phenolic OH excluding ortho intramolecular Hbond substituents is 1. The van der Waals surface area contributed by atoms with Crippen molar-refractivity contribution in [1.29, 1.82) is 0 Å². The molecular formula is C14H15NO3S. The Labute approximate surface area is 112 Å². The molecule has 100 valence electrons. The number of nitrogens with one attached hydrogen (secondary N) is 1. The summed E-state index contributed by atoms with van der Waals surface area (Å²) in [4.78, 5) is 0. The second-order valence-corrected chi connectivity index (χ2v) is 6.05. The minimum atomic E-state index is -3.38. The summed E-state index contributed by atoms with van der Waals surface area (Å²) in [6.07, 6.45) is 0.467. The van der Waals surface area contributed by atoms with Gasteiger partial charge in [-0.25, -0.2) is 8.42 Å². The van der Waals surface area contributed by atoms with Gasteiger partial charge in [0.25, 0.3) is 0 Å². The van der Waals surface area contributed by atoms with Crippen LogP contribution in [0.5, 0.6) is 5.75 Å². The monoisotopic (exact) mass is 277 g/mol. The molecule has 0 fully saturated rings. The molecule has 0 aromatic heterocycles. The van der Waals surface area contributed by atoms with Crippen LogP contribution in [-0.2, 0) is 16.4 Å². The van der Waals surface area contributed by atoms with E-state index < -0.39 is 10.0 Å². The van der Waals surface area contributed by atoms with E-state index in [4.69, 9.17) is 5.11 Å². The highest BCUT2D eigenvalue weighted by atomic mass is 32.2. The van der Waals surface area contributed by atoms with Gasteiger partial charge in [0.1, 0.15) is 5.75 Å². The predicted molar refractivity (Wildman–Crippen MR) is 75.7 cm³/mol. The number of phenols is 1. The third-order valence-electron chi connectivity index (χ3n) is 2.64. The standard InChI is InChI=1S/C14H15NO3S/c16-14-8-6-13(7-9-14)15-19(17,18)11-10-12-4-2-1-3-5-12/h1-9,15-16H,10-11H2. The molecule has 5 heteroatoms. The smallest absolute Gasteiger partial charge is 0.233 e. The molecule has 4 nitrogen and oxygen atoms in total. The van der Waals surface area contributed by atoms with Crippen LogP contribution in [-0.4, -0.2) is 19.3 Å². The summed E-state index contributed by atoms with van der Waals surface area (Å²) in [6, 6.07) is 15.4. The van der Waals surface area contributed by atoms with Gasteiger partial charge in [-0.2, -0.15) is 0 Å². The highest BCUT2D eigenvalue weighted by Gasteiger charge is 2.10. The van der Waals surface area contributed by atoms with Crippen molar-refractivity contribution in [2.45, 2.75) is 6.42 Å². The zero-order valence-corrected chi connectivity index (χ0v) is 11.1. The minimum absolute atomic E-state index is 0.0257. The second kappa shape index (κ2) is 5.75. The molecule has 0 bridgehead atoms. The molecular weight excluding hydrogens is 262 g/mol. The molecule has 0 aliphatic heterocycles. The topological polar surface area (TPSA) is 66.4 Å². The van der Waals surface area contributed by atoms with Gasteiger partial charge in [-0.15, -0.1) is 0 Å². The SMILES string of the molecule is O=S(=O)(CCc1ccccc1)Nc1ccc(O)cc1. The van der Waals surface area contributed by atoms with Crippen molar-refractivity contribution in [3.05, 3.63) is 60.2 Å². The van der Waals surface area contributed by atoms with Gasteiger partial charge in [-0.1, -0.05) is 30.3 Å². The lowest BCUT2D eigenvalue weighted by Gasteiger charge is -2.08. The van der Waals surface area contributed by atoms with Gasteiger partial charge in [0.2, 0.25) is 10.0 Å². The van der Waals surface area contributed by atoms with Gasteiger partial charge in [0, 0.05) is 5.69 Å². The lowest BCUT2D eigenvalue weighted by Crippen LogP contribution is -2.18. The van der Waals surface area contributed by atoms with Crippen molar-refractivity contribution in [3.63, 3.8) is 0 Å². The van der Waals surface area contributed by atoms with Crippen LogP contribution in [0.2, 0.25) is 0 Å². The van der Waals surface area contributed by atoms with Crippen LogP contribution in [0, 0.1) is 0 Å². The Balaban J connectivity index is 1.97. The fourth-order valence-electron chi connectivity index (χ4n) is 1.66. The van der Waals surface area contributed by atoms with Gasteiger partial charge in [0.15, 0.2) is 0 Å². The molecule has 0 spiro atoms. The Morgan fingerprint density at radius 2 is 1.58 bits per heavy atom. The van der Waals surface area contributed by atoms with E-state index in [-0.39, 0.29) is 11.5 Å². The maximum Gasteiger partial charge on any atom is 0.233 e. The summed E-state index contributed by atoms with van der Waals surface area (Å²) in [5.74, 6) is 0.130. The summed E-state index contributed by atoms with van der Waals surface area (Å²) in [5, 5.41) is 9.13. The molecule has 0 atom stereocenters. The molecule has 2 aromatic rings. The third kappa shape index (κ3) is 4.30. The maximum absolute atomic E-state index is 11.9. The predicted octanol–water partition coefficient (Wildman–Crippen LogP) is 2.38.